The zero-order valence-electron chi connectivity index (χ0n) is 21.5. The minimum Gasteiger partial charge on any atom is -0.494 e. The van der Waals surface area contributed by atoms with Gasteiger partial charge in [-0.15, -0.1) is 0 Å². The van der Waals surface area contributed by atoms with Crippen molar-refractivity contribution in [3.05, 3.63) is 90.0 Å². The summed E-state index contributed by atoms with van der Waals surface area (Å²) in [5.74, 6) is 0.219. The standard InChI is InChI=1S/C29H33N3O5S/c1-2-37-26-14-16-27(17-15-26)38(35,36)32(21-24-8-4-3-5-9-24)22-28(33)30-25-12-10-23(11-13-25)20-29(34)31-18-6-7-19-31/h3-5,8-17H,2,6-7,18-22H2,1H3,(H,30,33). The normalized spacial score (nSPS) is 13.5. The molecule has 0 unspecified atom stereocenters. The number of carbonyl (C=O) groups is 2. The number of sulfonamides is 1. The van der Waals surface area contributed by atoms with E-state index < -0.39 is 15.9 Å². The van der Waals surface area contributed by atoms with Gasteiger partial charge >= 0.3 is 0 Å². The SMILES string of the molecule is CCOc1ccc(S(=O)(=O)N(CC(=O)Nc2ccc(CC(=O)N3CCCC3)cc2)Cc2ccccc2)cc1. The Morgan fingerprint density at radius 1 is 0.895 bits per heavy atom. The molecule has 9 heteroatoms. The Balaban J connectivity index is 1.45. The number of benzene rings is 3. The van der Waals surface area contributed by atoms with E-state index in [9.17, 15) is 18.0 Å². The van der Waals surface area contributed by atoms with E-state index in [4.69, 9.17) is 4.74 Å². The van der Waals surface area contributed by atoms with Gasteiger partial charge in [0.15, 0.2) is 0 Å². The number of hydrogen-bond donors (Lipinski definition) is 1. The fourth-order valence-electron chi connectivity index (χ4n) is 4.36. The molecule has 1 aliphatic rings. The summed E-state index contributed by atoms with van der Waals surface area (Å²) in [5.41, 5.74) is 2.16. The van der Waals surface area contributed by atoms with Crippen LogP contribution in [-0.4, -0.2) is 55.7 Å². The van der Waals surface area contributed by atoms with Crippen molar-refractivity contribution in [2.24, 2.45) is 0 Å². The van der Waals surface area contributed by atoms with E-state index in [1.807, 2.05) is 54.3 Å². The van der Waals surface area contributed by atoms with Crippen molar-refractivity contribution in [1.29, 1.82) is 0 Å². The Morgan fingerprint density at radius 3 is 2.18 bits per heavy atom. The van der Waals surface area contributed by atoms with Crippen LogP contribution in [0.3, 0.4) is 0 Å². The smallest absolute Gasteiger partial charge is 0.243 e. The second-order valence-electron chi connectivity index (χ2n) is 9.17. The monoisotopic (exact) mass is 535 g/mol. The Bertz CT molecular complexity index is 1320. The molecule has 8 nitrogen and oxygen atoms in total. The van der Waals surface area contributed by atoms with Gasteiger partial charge in [0.25, 0.3) is 0 Å². The van der Waals surface area contributed by atoms with Crippen LogP contribution in [0.1, 0.15) is 30.9 Å². The van der Waals surface area contributed by atoms with E-state index in [0.29, 0.717) is 24.5 Å². The van der Waals surface area contributed by atoms with Crippen LogP contribution < -0.4 is 10.1 Å². The zero-order valence-corrected chi connectivity index (χ0v) is 22.3. The summed E-state index contributed by atoms with van der Waals surface area (Å²) in [6.07, 6.45) is 2.41. The molecule has 3 aromatic carbocycles. The molecule has 0 saturated carbocycles. The third-order valence-electron chi connectivity index (χ3n) is 6.35. The van der Waals surface area contributed by atoms with E-state index in [2.05, 4.69) is 5.32 Å². The Kier molecular flexibility index (Phi) is 9.15. The van der Waals surface area contributed by atoms with Gasteiger partial charge in [-0.2, -0.15) is 4.31 Å². The number of hydrogen-bond acceptors (Lipinski definition) is 5. The third-order valence-corrected chi connectivity index (χ3v) is 8.15. The summed E-state index contributed by atoms with van der Waals surface area (Å²) < 4.78 is 33.6. The molecular formula is C29H33N3O5S. The molecule has 1 heterocycles. The van der Waals surface area contributed by atoms with Gasteiger partial charge in [-0.05, 0) is 67.3 Å². The Morgan fingerprint density at radius 2 is 1.55 bits per heavy atom. The fourth-order valence-corrected chi connectivity index (χ4v) is 5.74. The van der Waals surface area contributed by atoms with Crippen LogP contribution in [0.15, 0.2) is 83.8 Å². The summed E-state index contributed by atoms with van der Waals surface area (Å²) in [7, 11) is -3.97. The van der Waals surface area contributed by atoms with E-state index in [1.54, 1.807) is 24.3 Å². The minimum absolute atomic E-state index is 0.0430. The van der Waals surface area contributed by atoms with Crippen molar-refractivity contribution in [2.45, 2.75) is 37.6 Å². The van der Waals surface area contributed by atoms with Gasteiger partial charge < -0.3 is 15.0 Å². The predicted octanol–water partition coefficient (Wildman–Crippen LogP) is 4.08. The van der Waals surface area contributed by atoms with Crippen molar-refractivity contribution in [1.82, 2.24) is 9.21 Å². The van der Waals surface area contributed by atoms with E-state index in [0.717, 1.165) is 41.4 Å². The van der Waals surface area contributed by atoms with Crippen LogP contribution in [0.2, 0.25) is 0 Å². The van der Waals surface area contributed by atoms with Crippen LogP contribution in [0.4, 0.5) is 5.69 Å². The first kappa shape index (κ1) is 27.3. The lowest BCUT2D eigenvalue weighted by Gasteiger charge is -2.22. The lowest BCUT2D eigenvalue weighted by molar-refractivity contribution is -0.129. The summed E-state index contributed by atoms with van der Waals surface area (Å²) in [6, 6.07) is 22.4. The van der Waals surface area contributed by atoms with E-state index in [1.165, 1.54) is 12.1 Å². The van der Waals surface area contributed by atoms with Crippen molar-refractivity contribution in [3.63, 3.8) is 0 Å². The summed E-state index contributed by atoms with van der Waals surface area (Å²) in [5, 5.41) is 2.78. The molecule has 1 N–H and O–H groups in total. The first-order valence-corrected chi connectivity index (χ1v) is 14.2. The highest BCUT2D eigenvalue weighted by molar-refractivity contribution is 7.89. The number of carbonyl (C=O) groups excluding carboxylic acids is 2. The topological polar surface area (TPSA) is 96.0 Å². The van der Waals surface area contributed by atoms with Crippen molar-refractivity contribution < 1.29 is 22.7 Å². The zero-order chi connectivity index (χ0) is 27.0. The average molecular weight is 536 g/mol. The summed E-state index contributed by atoms with van der Waals surface area (Å²) >= 11 is 0. The lowest BCUT2D eigenvalue weighted by atomic mass is 10.1. The Hall–Kier alpha value is -3.69. The van der Waals surface area contributed by atoms with Crippen molar-refractivity contribution >= 4 is 27.5 Å². The maximum atomic E-state index is 13.5. The molecule has 1 saturated heterocycles. The van der Waals surface area contributed by atoms with Crippen molar-refractivity contribution in [3.8, 4) is 5.75 Å². The van der Waals surface area contributed by atoms with Crippen LogP contribution in [-0.2, 0) is 32.6 Å². The molecule has 1 aliphatic heterocycles. The van der Waals surface area contributed by atoms with Crippen LogP contribution in [0.5, 0.6) is 5.75 Å². The highest BCUT2D eigenvalue weighted by Gasteiger charge is 2.27. The number of ether oxygens (including phenoxy) is 1. The number of nitrogens with one attached hydrogen (secondary N) is 1. The molecule has 38 heavy (non-hydrogen) atoms. The predicted molar refractivity (Wildman–Crippen MR) is 146 cm³/mol. The highest BCUT2D eigenvalue weighted by atomic mass is 32.2. The maximum Gasteiger partial charge on any atom is 0.243 e. The van der Waals surface area contributed by atoms with Crippen LogP contribution in [0.25, 0.3) is 0 Å². The third kappa shape index (κ3) is 7.20. The first-order valence-electron chi connectivity index (χ1n) is 12.8. The number of nitrogens with zero attached hydrogens (tertiary/aromatic N) is 2. The van der Waals surface area contributed by atoms with E-state index in [-0.39, 0.29) is 23.9 Å². The molecule has 1 fully saturated rings. The molecule has 4 rings (SSSR count). The number of likely N-dealkylation sites (tertiary alicyclic amines) is 1. The Labute approximate surface area is 224 Å². The second-order valence-corrected chi connectivity index (χ2v) is 11.1. The number of amides is 2. The molecule has 200 valence electrons. The highest BCUT2D eigenvalue weighted by Crippen LogP contribution is 2.22. The molecule has 0 aliphatic carbocycles. The summed E-state index contributed by atoms with van der Waals surface area (Å²) in [6.45, 7) is 3.63. The average Bonchev–Trinajstić information content (AvgIpc) is 3.46. The molecule has 3 aromatic rings. The molecule has 0 radical (unpaired) electrons. The minimum atomic E-state index is -3.97. The van der Waals surface area contributed by atoms with Gasteiger partial charge in [0.1, 0.15) is 5.75 Å². The molecule has 0 spiro atoms. The molecule has 0 aromatic heterocycles. The molecule has 0 atom stereocenters. The van der Waals surface area contributed by atoms with Gasteiger partial charge in [-0.1, -0.05) is 42.5 Å². The lowest BCUT2D eigenvalue weighted by Crippen LogP contribution is -2.37. The number of rotatable bonds is 11. The van der Waals surface area contributed by atoms with Crippen LogP contribution in [0, 0.1) is 0 Å². The quantitative estimate of drug-likeness (QED) is 0.399. The van der Waals surface area contributed by atoms with Gasteiger partial charge in [0.05, 0.1) is 24.5 Å². The summed E-state index contributed by atoms with van der Waals surface area (Å²) in [4.78, 5) is 27.3. The van der Waals surface area contributed by atoms with Gasteiger partial charge in [-0.3, -0.25) is 9.59 Å². The van der Waals surface area contributed by atoms with Crippen LogP contribution >= 0.6 is 0 Å². The molecular weight excluding hydrogens is 502 g/mol. The van der Waals surface area contributed by atoms with E-state index >= 15 is 0 Å². The van der Waals surface area contributed by atoms with Gasteiger partial charge in [0.2, 0.25) is 21.8 Å². The first-order chi connectivity index (χ1) is 18.3. The molecule has 0 bridgehead atoms. The number of anilines is 1. The van der Waals surface area contributed by atoms with Crippen molar-refractivity contribution in [2.75, 3.05) is 31.6 Å². The largest absolute Gasteiger partial charge is 0.494 e. The second kappa shape index (κ2) is 12.7. The maximum absolute atomic E-state index is 13.5. The van der Waals surface area contributed by atoms with Gasteiger partial charge in [0, 0.05) is 25.3 Å². The fraction of sp³-hybridized carbons (Fsp3) is 0.310. The van der Waals surface area contributed by atoms with Gasteiger partial charge in [-0.25, -0.2) is 8.42 Å². The molecule has 2 amide bonds.